The van der Waals surface area contributed by atoms with Crippen molar-refractivity contribution >= 4 is 32.4 Å². The molecule has 0 aliphatic carbocycles. The van der Waals surface area contributed by atoms with Gasteiger partial charge in [-0.15, -0.1) is 4.85 Å². The Kier molecular flexibility index (Phi) is 5.02. The number of nitrogens with zero attached hydrogens (tertiary/aromatic N) is 2. The number of carbonyl (C=O) groups is 1. The van der Waals surface area contributed by atoms with E-state index in [-0.39, 0.29) is 17.2 Å². The lowest BCUT2D eigenvalue weighted by Gasteiger charge is -2.11. The van der Waals surface area contributed by atoms with Crippen LogP contribution in [0.2, 0.25) is 0 Å². The lowest BCUT2D eigenvalue weighted by atomic mass is 10.1. The number of alkyl halides is 1. The molecule has 0 radical (unpaired) electrons. The fourth-order valence-corrected chi connectivity index (χ4v) is 2.62. The monoisotopic (exact) mass is 360 g/mol. The standard InChI is InChI=1S/C12H10BrFN2O3S/c13-12(17)8-2-1-3-10(20-7-14)9(8)6-19-11-4-5-16(18)15-11/h1-5,18H,6-7H2. The summed E-state index contributed by atoms with van der Waals surface area (Å²) >= 11 is 3.87. The molecule has 5 nitrogen and oxygen atoms in total. The summed E-state index contributed by atoms with van der Waals surface area (Å²) in [6.45, 7) is 0.0485. The van der Waals surface area contributed by atoms with Gasteiger partial charge in [-0.2, -0.15) is 0 Å². The molecule has 1 N–H and O–H groups in total. The Balaban J connectivity index is 2.25. The third-order valence-corrected chi connectivity index (χ3v) is 3.70. The Morgan fingerprint density at radius 3 is 2.90 bits per heavy atom. The highest BCUT2D eigenvalue weighted by Gasteiger charge is 2.14. The first-order valence-corrected chi connectivity index (χ1v) is 7.28. The zero-order valence-electron chi connectivity index (χ0n) is 10.1. The first-order chi connectivity index (χ1) is 9.61. The summed E-state index contributed by atoms with van der Waals surface area (Å²) < 4.78 is 17.6. The van der Waals surface area contributed by atoms with Crippen molar-refractivity contribution in [1.82, 2.24) is 9.94 Å². The number of hydrogen-bond acceptors (Lipinski definition) is 5. The number of thioether (sulfide) groups is 1. The molecule has 8 heteroatoms. The second-order valence-electron chi connectivity index (χ2n) is 3.67. The van der Waals surface area contributed by atoms with Crippen LogP contribution in [0.15, 0.2) is 35.4 Å². The van der Waals surface area contributed by atoms with Gasteiger partial charge in [0.2, 0.25) is 10.6 Å². The van der Waals surface area contributed by atoms with Gasteiger partial charge >= 0.3 is 0 Å². The Labute approximate surface area is 126 Å². The maximum Gasteiger partial charge on any atom is 0.236 e. The van der Waals surface area contributed by atoms with Gasteiger partial charge in [0.1, 0.15) is 12.6 Å². The predicted octanol–water partition coefficient (Wildman–Crippen LogP) is 3.25. The van der Waals surface area contributed by atoms with Crippen molar-refractivity contribution in [3.05, 3.63) is 41.6 Å². The normalized spacial score (nSPS) is 10.5. The van der Waals surface area contributed by atoms with Crippen molar-refractivity contribution < 1.29 is 19.1 Å². The van der Waals surface area contributed by atoms with Gasteiger partial charge in [-0.25, -0.2) is 4.39 Å². The fourth-order valence-electron chi connectivity index (χ4n) is 1.61. The molecule has 0 spiro atoms. The summed E-state index contributed by atoms with van der Waals surface area (Å²) in [5.74, 6) is 0.209. The molecule has 106 valence electrons. The molecule has 0 aliphatic rings. The van der Waals surface area contributed by atoms with E-state index in [2.05, 4.69) is 21.0 Å². The summed E-state index contributed by atoms with van der Waals surface area (Å²) in [6.07, 6.45) is 1.31. The number of aromatic nitrogens is 2. The van der Waals surface area contributed by atoms with Gasteiger partial charge in [0, 0.05) is 22.1 Å². The Hall–Kier alpha value is -1.54. The minimum Gasteiger partial charge on any atom is -0.472 e. The molecule has 0 aliphatic heterocycles. The van der Waals surface area contributed by atoms with Crippen molar-refractivity contribution in [3.8, 4) is 5.88 Å². The zero-order chi connectivity index (χ0) is 14.5. The van der Waals surface area contributed by atoms with E-state index >= 15 is 0 Å². The summed E-state index contributed by atoms with van der Waals surface area (Å²) in [4.78, 5) is 12.8. The highest BCUT2D eigenvalue weighted by Crippen LogP contribution is 2.28. The summed E-state index contributed by atoms with van der Waals surface area (Å²) in [5, 5.41) is 12.7. The molecule has 1 aromatic carbocycles. The van der Waals surface area contributed by atoms with Crippen LogP contribution >= 0.6 is 27.7 Å². The smallest absolute Gasteiger partial charge is 0.236 e. The van der Waals surface area contributed by atoms with Crippen molar-refractivity contribution in [2.24, 2.45) is 0 Å². The van der Waals surface area contributed by atoms with E-state index in [0.29, 0.717) is 20.9 Å². The highest BCUT2D eigenvalue weighted by atomic mass is 79.9. The molecule has 0 saturated heterocycles. The first kappa shape index (κ1) is 14.9. The average molecular weight is 361 g/mol. The number of ether oxygens (including phenoxy) is 1. The van der Waals surface area contributed by atoms with Gasteiger partial charge < -0.3 is 9.94 Å². The molecule has 1 heterocycles. The van der Waals surface area contributed by atoms with Crippen LogP contribution < -0.4 is 4.74 Å². The Bertz CT molecular complexity index is 620. The molecule has 2 rings (SSSR count). The van der Waals surface area contributed by atoms with Crippen molar-refractivity contribution in [3.63, 3.8) is 0 Å². The number of hydrogen-bond donors (Lipinski definition) is 1. The summed E-state index contributed by atoms with van der Waals surface area (Å²) in [6, 6.07) is 5.90. The molecule has 0 unspecified atom stereocenters. The highest BCUT2D eigenvalue weighted by molar-refractivity contribution is 9.18. The number of halogens is 2. The van der Waals surface area contributed by atoms with Crippen LogP contribution in [-0.4, -0.2) is 25.9 Å². The van der Waals surface area contributed by atoms with E-state index in [9.17, 15) is 9.18 Å². The molecule has 0 fully saturated rings. The lowest BCUT2D eigenvalue weighted by molar-refractivity contribution is 0.109. The maximum atomic E-state index is 12.5. The number of rotatable bonds is 6. The quantitative estimate of drug-likeness (QED) is 0.486. The average Bonchev–Trinajstić information content (AvgIpc) is 2.83. The van der Waals surface area contributed by atoms with E-state index in [1.54, 1.807) is 18.2 Å². The zero-order valence-corrected chi connectivity index (χ0v) is 12.5. The third kappa shape index (κ3) is 3.51. The van der Waals surface area contributed by atoms with Crippen LogP contribution in [0.1, 0.15) is 15.9 Å². The molecular weight excluding hydrogens is 351 g/mol. The lowest BCUT2D eigenvalue weighted by Crippen LogP contribution is -2.05. The van der Waals surface area contributed by atoms with Crippen molar-refractivity contribution in [2.75, 3.05) is 6.01 Å². The molecule has 0 atom stereocenters. The number of benzene rings is 1. The van der Waals surface area contributed by atoms with Crippen LogP contribution in [0.4, 0.5) is 4.39 Å². The summed E-state index contributed by atoms with van der Waals surface area (Å²) in [5.41, 5.74) is 0.983. The predicted molar refractivity (Wildman–Crippen MR) is 75.3 cm³/mol. The van der Waals surface area contributed by atoms with Crippen LogP contribution in [0.5, 0.6) is 5.88 Å². The van der Waals surface area contributed by atoms with Gasteiger partial charge in [-0.3, -0.25) is 4.79 Å². The topological polar surface area (TPSA) is 64.3 Å². The van der Waals surface area contributed by atoms with Crippen LogP contribution in [0.25, 0.3) is 0 Å². The van der Waals surface area contributed by atoms with Gasteiger partial charge in [0.25, 0.3) is 0 Å². The second-order valence-corrected chi connectivity index (χ2v) is 5.34. The van der Waals surface area contributed by atoms with E-state index < -0.39 is 6.01 Å². The van der Waals surface area contributed by atoms with E-state index in [1.165, 1.54) is 12.3 Å². The first-order valence-electron chi connectivity index (χ1n) is 5.50. The molecule has 0 bridgehead atoms. The molecular formula is C12H10BrFN2O3S. The molecule has 1 aromatic heterocycles. The Morgan fingerprint density at radius 2 is 2.30 bits per heavy atom. The minimum atomic E-state index is -0.599. The van der Waals surface area contributed by atoms with Gasteiger partial charge in [0.15, 0.2) is 0 Å². The fraction of sp³-hybridized carbons (Fsp3) is 0.167. The van der Waals surface area contributed by atoms with Crippen LogP contribution in [0.3, 0.4) is 0 Å². The molecule has 0 saturated carbocycles. The molecule has 2 aromatic rings. The van der Waals surface area contributed by atoms with Gasteiger partial charge in [0.05, 0.1) is 6.20 Å². The largest absolute Gasteiger partial charge is 0.472 e. The maximum absolute atomic E-state index is 12.5. The second kappa shape index (κ2) is 6.76. The van der Waals surface area contributed by atoms with Gasteiger partial charge in [-0.05, 0) is 22.0 Å². The van der Waals surface area contributed by atoms with Crippen LogP contribution in [-0.2, 0) is 6.61 Å². The van der Waals surface area contributed by atoms with Gasteiger partial charge in [-0.1, -0.05) is 29.0 Å². The van der Waals surface area contributed by atoms with Crippen molar-refractivity contribution in [2.45, 2.75) is 11.5 Å². The van der Waals surface area contributed by atoms with Crippen molar-refractivity contribution in [1.29, 1.82) is 0 Å². The Morgan fingerprint density at radius 1 is 1.50 bits per heavy atom. The van der Waals surface area contributed by atoms with E-state index in [4.69, 9.17) is 9.94 Å². The number of carbonyl (C=O) groups excluding carboxylic acids is 1. The molecule has 20 heavy (non-hydrogen) atoms. The minimum absolute atomic E-state index is 0.0485. The van der Waals surface area contributed by atoms with E-state index in [1.807, 2.05) is 0 Å². The SMILES string of the molecule is O=C(Br)c1cccc(SCF)c1COc1ccn(O)n1. The third-order valence-electron chi connectivity index (χ3n) is 2.47. The van der Waals surface area contributed by atoms with E-state index in [0.717, 1.165) is 11.8 Å². The molecule has 0 amide bonds. The van der Waals surface area contributed by atoms with Crippen LogP contribution in [0, 0.1) is 0 Å². The summed E-state index contributed by atoms with van der Waals surface area (Å²) in [7, 11) is 0.